The first kappa shape index (κ1) is 25.0. The van der Waals surface area contributed by atoms with Crippen LogP contribution < -0.4 is 14.8 Å². The molecule has 14 heteroatoms. The summed E-state index contributed by atoms with van der Waals surface area (Å²) in [7, 11) is -3.08. The predicted octanol–water partition coefficient (Wildman–Crippen LogP) is 3.22. The molecule has 1 aliphatic heterocycles. The number of aryl methyl sites for hydroxylation is 1. The van der Waals surface area contributed by atoms with Crippen LogP contribution in [0.1, 0.15) is 35.9 Å². The van der Waals surface area contributed by atoms with E-state index in [9.17, 15) is 22.0 Å². The Hall–Kier alpha value is -3.06. The third kappa shape index (κ3) is 5.78. The molecular weight excluding hydrogens is 508 g/mol. The SMILES string of the molecule is Cc1c(C(=O)NC2(C)CCS(=O)(=O)CC2)nc2ccc(Oc3ncc(Cl)cc3OCC(F)F)nn12. The Balaban J connectivity index is 1.55. The minimum Gasteiger partial charge on any atom is -0.482 e. The van der Waals surface area contributed by atoms with Crippen molar-refractivity contribution in [3.8, 4) is 17.5 Å². The number of pyridine rings is 1. The number of sulfone groups is 1. The van der Waals surface area contributed by atoms with Crippen LogP contribution >= 0.6 is 11.6 Å². The summed E-state index contributed by atoms with van der Waals surface area (Å²) in [6.45, 7) is 2.59. The average molecular weight is 530 g/mol. The third-order valence-electron chi connectivity index (χ3n) is 5.59. The van der Waals surface area contributed by atoms with Gasteiger partial charge in [-0.2, -0.15) is 0 Å². The van der Waals surface area contributed by atoms with Crippen molar-refractivity contribution in [2.45, 2.75) is 38.7 Å². The van der Waals surface area contributed by atoms with E-state index < -0.39 is 34.3 Å². The lowest BCUT2D eigenvalue weighted by Crippen LogP contribution is -2.51. The highest BCUT2D eigenvalue weighted by Gasteiger charge is 2.35. The molecule has 1 amide bonds. The van der Waals surface area contributed by atoms with Gasteiger partial charge >= 0.3 is 0 Å². The molecule has 1 aliphatic rings. The summed E-state index contributed by atoms with van der Waals surface area (Å²) < 4.78 is 60.7. The molecule has 0 spiro atoms. The summed E-state index contributed by atoms with van der Waals surface area (Å²) >= 11 is 5.88. The van der Waals surface area contributed by atoms with Gasteiger partial charge in [0, 0.05) is 23.9 Å². The van der Waals surface area contributed by atoms with E-state index in [4.69, 9.17) is 21.1 Å². The first-order chi connectivity index (χ1) is 16.4. The summed E-state index contributed by atoms with van der Waals surface area (Å²) in [5.74, 6) is -0.566. The highest BCUT2D eigenvalue weighted by Crippen LogP contribution is 2.31. The molecule has 10 nitrogen and oxygen atoms in total. The van der Waals surface area contributed by atoms with E-state index in [1.807, 2.05) is 6.92 Å². The fourth-order valence-corrected chi connectivity index (χ4v) is 5.46. The number of nitrogens with one attached hydrogen (secondary N) is 1. The Morgan fingerprint density at radius 1 is 1.31 bits per heavy atom. The molecule has 0 aromatic carbocycles. The number of carbonyl (C=O) groups excluding carboxylic acids is 1. The second-order valence-corrected chi connectivity index (χ2v) is 11.2. The van der Waals surface area contributed by atoms with Crippen molar-refractivity contribution in [1.29, 1.82) is 0 Å². The number of alkyl halides is 2. The molecule has 3 aromatic rings. The number of hydrogen-bond donors (Lipinski definition) is 1. The maximum absolute atomic E-state index is 13.0. The molecule has 188 valence electrons. The Kier molecular flexibility index (Phi) is 6.82. The van der Waals surface area contributed by atoms with Gasteiger partial charge in [-0.05, 0) is 32.8 Å². The van der Waals surface area contributed by atoms with Gasteiger partial charge in [-0.3, -0.25) is 4.79 Å². The van der Waals surface area contributed by atoms with Crippen molar-refractivity contribution in [2.75, 3.05) is 18.1 Å². The van der Waals surface area contributed by atoms with Gasteiger partial charge in [0.05, 0.1) is 22.2 Å². The molecule has 3 aromatic heterocycles. The van der Waals surface area contributed by atoms with E-state index in [2.05, 4.69) is 20.4 Å². The van der Waals surface area contributed by atoms with E-state index in [1.54, 1.807) is 13.0 Å². The van der Waals surface area contributed by atoms with Crippen molar-refractivity contribution >= 4 is 33.0 Å². The molecule has 35 heavy (non-hydrogen) atoms. The van der Waals surface area contributed by atoms with Crippen LogP contribution in [-0.2, 0) is 9.84 Å². The standard InChI is InChI=1S/C21H22ClF2N5O5S/c1-12-18(19(30)27-21(2)5-7-35(31,32)8-6-21)26-16-3-4-17(28-29(12)16)34-20-14(33-11-15(23)24)9-13(22)10-25-20/h3-4,9-10,15H,5-8,11H2,1-2H3,(H,27,30). The second-order valence-electron chi connectivity index (χ2n) is 8.41. The topological polar surface area (TPSA) is 125 Å². The smallest absolute Gasteiger partial charge is 0.272 e. The first-order valence-corrected chi connectivity index (χ1v) is 12.8. The van der Waals surface area contributed by atoms with Crippen molar-refractivity contribution in [2.24, 2.45) is 0 Å². The molecule has 0 bridgehead atoms. The second kappa shape index (κ2) is 9.53. The minimum absolute atomic E-state index is 0.0118. The maximum Gasteiger partial charge on any atom is 0.272 e. The van der Waals surface area contributed by atoms with Gasteiger partial charge in [-0.25, -0.2) is 31.7 Å². The number of nitrogens with zero attached hydrogens (tertiary/aromatic N) is 4. The fraction of sp³-hybridized carbons (Fsp3) is 0.429. The number of aromatic nitrogens is 4. The molecule has 1 N–H and O–H groups in total. The molecule has 1 fully saturated rings. The van der Waals surface area contributed by atoms with Gasteiger partial charge in [0.25, 0.3) is 18.2 Å². The summed E-state index contributed by atoms with van der Waals surface area (Å²) in [4.78, 5) is 21.3. The minimum atomic E-state index is -3.08. The molecule has 0 aliphatic carbocycles. The van der Waals surface area contributed by atoms with Gasteiger partial charge in [0.15, 0.2) is 17.1 Å². The van der Waals surface area contributed by atoms with Crippen LogP contribution in [0.2, 0.25) is 5.02 Å². The largest absolute Gasteiger partial charge is 0.482 e. The fourth-order valence-electron chi connectivity index (χ4n) is 3.58. The van der Waals surface area contributed by atoms with Crippen LogP contribution in [0.5, 0.6) is 17.5 Å². The van der Waals surface area contributed by atoms with Gasteiger partial charge in [0.1, 0.15) is 16.4 Å². The Morgan fingerprint density at radius 3 is 2.71 bits per heavy atom. The molecule has 0 atom stereocenters. The highest BCUT2D eigenvalue weighted by atomic mass is 35.5. The van der Waals surface area contributed by atoms with Crippen molar-refractivity contribution in [3.05, 3.63) is 40.8 Å². The number of carbonyl (C=O) groups is 1. The number of halogens is 3. The monoisotopic (exact) mass is 529 g/mol. The van der Waals surface area contributed by atoms with Gasteiger partial charge in [0.2, 0.25) is 5.88 Å². The zero-order valence-corrected chi connectivity index (χ0v) is 20.4. The number of ether oxygens (including phenoxy) is 2. The highest BCUT2D eigenvalue weighted by molar-refractivity contribution is 7.91. The number of amides is 1. The summed E-state index contributed by atoms with van der Waals surface area (Å²) in [5, 5.41) is 7.39. The molecule has 1 saturated heterocycles. The lowest BCUT2D eigenvalue weighted by molar-refractivity contribution is 0.0803. The lowest BCUT2D eigenvalue weighted by atomic mass is 9.94. The van der Waals surface area contributed by atoms with E-state index >= 15 is 0 Å². The van der Waals surface area contributed by atoms with E-state index in [-0.39, 0.29) is 39.7 Å². The van der Waals surface area contributed by atoms with Crippen LogP contribution in [0.4, 0.5) is 8.78 Å². The summed E-state index contributed by atoms with van der Waals surface area (Å²) in [6, 6.07) is 4.34. The normalized spacial score (nSPS) is 16.9. The zero-order valence-electron chi connectivity index (χ0n) is 18.8. The van der Waals surface area contributed by atoms with E-state index in [0.717, 1.165) is 0 Å². The average Bonchev–Trinajstić information content (AvgIpc) is 3.12. The summed E-state index contributed by atoms with van der Waals surface area (Å²) in [5.41, 5.74) is 0.263. The van der Waals surface area contributed by atoms with E-state index in [0.29, 0.717) is 24.2 Å². The Bertz CT molecular complexity index is 1370. The van der Waals surface area contributed by atoms with Crippen molar-refractivity contribution < 1.29 is 31.5 Å². The molecule has 4 heterocycles. The van der Waals surface area contributed by atoms with Crippen molar-refractivity contribution in [1.82, 2.24) is 24.9 Å². The Labute approximate surface area is 204 Å². The predicted molar refractivity (Wildman–Crippen MR) is 122 cm³/mol. The van der Waals surface area contributed by atoms with Gasteiger partial charge < -0.3 is 14.8 Å². The quantitative estimate of drug-likeness (QED) is 0.494. The van der Waals surface area contributed by atoms with Crippen LogP contribution in [-0.4, -0.2) is 64.0 Å². The van der Waals surface area contributed by atoms with Crippen LogP contribution in [0.25, 0.3) is 5.65 Å². The number of rotatable bonds is 7. The molecule has 0 unspecified atom stereocenters. The van der Waals surface area contributed by atoms with Gasteiger partial charge in [-0.1, -0.05) is 11.6 Å². The van der Waals surface area contributed by atoms with Crippen LogP contribution in [0, 0.1) is 6.92 Å². The molecular formula is C21H22ClF2N5O5S. The number of hydrogen-bond acceptors (Lipinski definition) is 8. The van der Waals surface area contributed by atoms with Crippen LogP contribution in [0.3, 0.4) is 0 Å². The molecule has 4 rings (SSSR count). The number of imidazole rings is 1. The van der Waals surface area contributed by atoms with Crippen LogP contribution in [0.15, 0.2) is 24.4 Å². The van der Waals surface area contributed by atoms with E-state index in [1.165, 1.54) is 22.8 Å². The molecule has 0 radical (unpaired) electrons. The Morgan fingerprint density at radius 2 is 2.03 bits per heavy atom. The van der Waals surface area contributed by atoms with Gasteiger partial charge in [-0.15, -0.1) is 5.10 Å². The maximum atomic E-state index is 13.0. The molecule has 0 saturated carbocycles. The third-order valence-corrected chi connectivity index (χ3v) is 7.45. The zero-order chi connectivity index (χ0) is 25.4. The lowest BCUT2D eigenvalue weighted by Gasteiger charge is -2.34. The first-order valence-electron chi connectivity index (χ1n) is 10.6. The number of fused-ring (bicyclic) bond motifs is 1. The van der Waals surface area contributed by atoms with Crippen molar-refractivity contribution in [3.63, 3.8) is 0 Å². The summed E-state index contributed by atoms with van der Waals surface area (Å²) in [6.07, 6.45) is -0.802.